The Bertz CT molecular complexity index is 1390. The van der Waals surface area contributed by atoms with Gasteiger partial charge >= 0.3 is 11.9 Å². The first-order valence-electron chi connectivity index (χ1n) is 21.7. The largest absolute Gasteiger partial charge is 0.461 e. The molecule has 0 spiro atoms. The minimum Gasteiger partial charge on any atom is -0.461 e. The van der Waals surface area contributed by atoms with Crippen LogP contribution in [0.4, 0.5) is 0 Å². The second-order valence-corrected chi connectivity index (χ2v) is 26.7. The molecule has 7 nitrogen and oxygen atoms in total. The fraction of sp³-hybridized carbons (Fsp3) is 0.875. The lowest BCUT2D eigenvalue weighted by Crippen LogP contribution is -2.53. The van der Waals surface area contributed by atoms with Crippen molar-refractivity contribution < 1.29 is 27.5 Å². The van der Waals surface area contributed by atoms with E-state index in [0.29, 0.717) is 36.9 Å². The van der Waals surface area contributed by atoms with Crippen LogP contribution in [0.1, 0.15) is 189 Å². The van der Waals surface area contributed by atoms with Crippen LogP contribution in [0.3, 0.4) is 0 Å². The zero-order valence-electron chi connectivity index (χ0n) is 39.7. The molecule has 0 aromatic carbocycles. The van der Waals surface area contributed by atoms with Crippen molar-refractivity contribution in [2.45, 2.75) is 205 Å². The van der Waals surface area contributed by atoms with Crippen molar-refractivity contribution in [3.63, 3.8) is 0 Å². The number of esters is 2. The number of ether oxygens (including phenoxy) is 2. The van der Waals surface area contributed by atoms with Gasteiger partial charge in [-0.25, -0.2) is 8.42 Å². The minimum absolute atomic E-state index is 0.0296. The highest BCUT2D eigenvalue weighted by molar-refractivity contribution is 7.92. The molecule has 3 atom stereocenters. The summed E-state index contributed by atoms with van der Waals surface area (Å²) in [4.78, 5) is 29.3. The maximum absolute atomic E-state index is 13.6. The number of hydrogen-bond donors (Lipinski definition) is 0. The van der Waals surface area contributed by atoms with Crippen molar-refractivity contribution in [2.75, 3.05) is 26.2 Å². The van der Waals surface area contributed by atoms with Gasteiger partial charge in [0, 0.05) is 19.6 Å². The van der Waals surface area contributed by atoms with Gasteiger partial charge in [-0.05, 0) is 118 Å². The lowest BCUT2D eigenvalue weighted by Gasteiger charge is -2.37. The van der Waals surface area contributed by atoms with E-state index in [1.54, 1.807) is 13.8 Å². The molecule has 0 saturated carbocycles. The number of carbonyl (C=O) groups is 2. The van der Waals surface area contributed by atoms with Gasteiger partial charge in [0.05, 0.1) is 22.3 Å². The van der Waals surface area contributed by atoms with Gasteiger partial charge in [0.25, 0.3) is 0 Å². The van der Waals surface area contributed by atoms with Crippen LogP contribution in [0.5, 0.6) is 0 Å². The second-order valence-electron chi connectivity index (χ2n) is 23.9. The summed E-state index contributed by atoms with van der Waals surface area (Å²) in [6.45, 7) is 39.7. The molecule has 1 rings (SSSR count). The molecule has 0 amide bonds. The molecule has 56 heavy (non-hydrogen) atoms. The lowest BCUT2D eigenvalue weighted by atomic mass is 9.71. The highest BCUT2D eigenvalue weighted by atomic mass is 32.2. The normalized spacial score (nSPS) is 20.1. The smallest absolute Gasteiger partial charge is 0.311 e. The van der Waals surface area contributed by atoms with Crippen molar-refractivity contribution >= 4 is 21.8 Å². The number of rotatable bonds is 22. The third kappa shape index (κ3) is 21.4. The van der Waals surface area contributed by atoms with E-state index in [2.05, 4.69) is 121 Å². The van der Waals surface area contributed by atoms with Crippen LogP contribution < -0.4 is 0 Å². The molecule has 8 heteroatoms. The van der Waals surface area contributed by atoms with Crippen molar-refractivity contribution in [3.05, 3.63) is 24.3 Å². The van der Waals surface area contributed by atoms with Gasteiger partial charge < -0.3 is 9.47 Å². The Morgan fingerprint density at radius 3 is 1.61 bits per heavy atom. The Morgan fingerprint density at radius 2 is 1.12 bits per heavy atom. The van der Waals surface area contributed by atoms with Crippen LogP contribution in [-0.2, 0) is 28.9 Å². The SMILES string of the molecule is CC1CN(CC(COC(=O)C(C)(C)CC(C)(C)C/C=C\CC(C)(C)C)OC(=O)CC(C)(C)CC(C)(C)CC/C=C\CCC(C)(C)CC(C)(C)C)CC(C)S1(=O)=O. The molecule has 0 N–H and O–H groups in total. The molecule has 1 aliphatic heterocycles. The molecule has 0 aliphatic carbocycles. The Hall–Kier alpha value is -1.67. The quantitative estimate of drug-likeness (QED) is 0.0795. The predicted molar refractivity (Wildman–Crippen MR) is 237 cm³/mol. The molecule has 0 aromatic heterocycles. The predicted octanol–water partition coefficient (Wildman–Crippen LogP) is 12.2. The van der Waals surface area contributed by atoms with E-state index in [9.17, 15) is 18.0 Å². The third-order valence-corrected chi connectivity index (χ3v) is 13.6. The van der Waals surface area contributed by atoms with Crippen LogP contribution in [0.2, 0.25) is 0 Å². The van der Waals surface area contributed by atoms with E-state index < -0.39 is 31.9 Å². The summed E-state index contributed by atoms with van der Waals surface area (Å²) in [5.41, 5.74) is -0.254. The van der Waals surface area contributed by atoms with Gasteiger partial charge in [0.1, 0.15) is 12.7 Å². The Balaban J connectivity index is 2.94. The maximum atomic E-state index is 13.6. The van der Waals surface area contributed by atoms with Crippen molar-refractivity contribution in [3.8, 4) is 0 Å². The summed E-state index contributed by atoms with van der Waals surface area (Å²) in [6.07, 6.45) is 17.5. The van der Waals surface area contributed by atoms with Crippen molar-refractivity contribution in [2.24, 2.45) is 37.9 Å². The molecule has 0 radical (unpaired) electrons. The first kappa shape index (κ1) is 52.3. The van der Waals surface area contributed by atoms with Crippen molar-refractivity contribution in [1.82, 2.24) is 4.90 Å². The molecule has 0 aromatic rings. The average molecular weight is 808 g/mol. The molecular weight excluding hydrogens is 719 g/mol. The van der Waals surface area contributed by atoms with Gasteiger partial charge in [-0.3, -0.25) is 14.5 Å². The number of nitrogens with zero attached hydrogens (tertiary/aromatic N) is 1. The molecule has 1 saturated heterocycles. The molecule has 1 fully saturated rings. The molecule has 1 aliphatic rings. The minimum atomic E-state index is -3.22. The van der Waals surface area contributed by atoms with Gasteiger partial charge in [-0.1, -0.05) is 121 Å². The third-order valence-electron chi connectivity index (χ3n) is 11.1. The number of sulfone groups is 1. The van der Waals surface area contributed by atoms with E-state index >= 15 is 0 Å². The van der Waals surface area contributed by atoms with E-state index in [0.717, 1.165) is 38.5 Å². The fourth-order valence-corrected chi connectivity index (χ4v) is 10.9. The topological polar surface area (TPSA) is 90.0 Å². The number of carbonyl (C=O) groups excluding carboxylic acids is 2. The van der Waals surface area contributed by atoms with E-state index in [-0.39, 0.29) is 46.6 Å². The number of hydrogen-bond acceptors (Lipinski definition) is 7. The summed E-state index contributed by atoms with van der Waals surface area (Å²) in [7, 11) is -3.22. The summed E-state index contributed by atoms with van der Waals surface area (Å²) < 4.78 is 37.6. The Morgan fingerprint density at radius 1 is 0.643 bits per heavy atom. The molecular formula is C48H89NO6S. The first-order valence-corrected chi connectivity index (χ1v) is 23.3. The number of allylic oxidation sites excluding steroid dienone is 4. The molecule has 328 valence electrons. The van der Waals surface area contributed by atoms with Gasteiger partial charge in [0.2, 0.25) is 0 Å². The highest BCUT2D eigenvalue weighted by Crippen LogP contribution is 2.41. The van der Waals surface area contributed by atoms with Gasteiger partial charge in [-0.15, -0.1) is 0 Å². The summed E-state index contributed by atoms with van der Waals surface area (Å²) in [6, 6.07) is 0. The first-order chi connectivity index (χ1) is 25.1. The lowest BCUT2D eigenvalue weighted by molar-refractivity contribution is -0.167. The van der Waals surface area contributed by atoms with E-state index in [4.69, 9.17) is 9.47 Å². The Kier molecular flexibility index (Phi) is 19.2. The van der Waals surface area contributed by atoms with E-state index in [1.807, 2.05) is 18.7 Å². The monoisotopic (exact) mass is 808 g/mol. The molecule has 0 bridgehead atoms. The summed E-state index contributed by atoms with van der Waals surface area (Å²) in [5, 5.41) is -1.06. The highest BCUT2D eigenvalue weighted by Gasteiger charge is 2.39. The van der Waals surface area contributed by atoms with Crippen LogP contribution in [-0.4, -0.2) is 68.1 Å². The zero-order chi connectivity index (χ0) is 43.6. The molecule has 1 heterocycles. The van der Waals surface area contributed by atoms with Crippen molar-refractivity contribution in [1.29, 1.82) is 0 Å². The van der Waals surface area contributed by atoms with Crippen LogP contribution in [0.25, 0.3) is 0 Å². The Labute approximate surface area is 346 Å². The average Bonchev–Trinajstić information content (AvgIpc) is 2.95. The second kappa shape index (κ2) is 20.5. The van der Waals surface area contributed by atoms with Crippen LogP contribution in [0.15, 0.2) is 24.3 Å². The van der Waals surface area contributed by atoms with Crippen LogP contribution >= 0.6 is 0 Å². The molecule has 3 unspecified atom stereocenters. The van der Waals surface area contributed by atoms with Gasteiger partial charge in [-0.2, -0.15) is 0 Å². The van der Waals surface area contributed by atoms with E-state index in [1.165, 1.54) is 12.8 Å². The summed E-state index contributed by atoms with van der Waals surface area (Å²) in [5.74, 6) is -0.643. The van der Waals surface area contributed by atoms with Gasteiger partial charge in [0.15, 0.2) is 9.84 Å². The zero-order valence-corrected chi connectivity index (χ0v) is 40.6. The standard InChI is InChI=1S/C48H89NO6S/c1-37-30-49(31-38(2)56(37,52)53)32-39(33-54-41(51)48(17,18)36-46(13,14)28-24-23-25-42(3,4)5)55-40(50)29-47(15,16)35-45(11,12)27-22-20-19-21-26-44(9,10)34-43(6,7)8/h19-20,23-24,37-39H,21-22,25-36H2,1-18H3/b20-19-,24-23-. The summed E-state index contributed by atoms with van der Waals surface area (Å²) >= 11 is 0. The maximum Gasteiger partial charge on any atom is 0.311 e. The van der Waals surface area contributed by atoms with Crippen LogP contribution in [0, 0.1) is 37.9 Å². The fourth-order valence-electron chi connectivity index (χ4n) is 9.28.